The normalized spacial score (nSPS) is 15.4. The molecule has 1 saturated carbocycles. The maximum absolute atomic E-state index is 3.49. The fourth-order valence-electron chi connectivity index (χ4n) is 2.14. The third-order valence-electron chi connectivity index (χ3n) is 3.22. The highest BCUT2D eigenvalue weighted by atomic mass is 15.2. The van der Waals surface area contributed by atoms with Gasteiger partial charge in [-0.15, -0.1) is 0 Å². The maximum Gasteiger partial charge on any atom is 0.0343 e. The predicted molar refractivity (Wildman–Crippen MR) is 69.9 cm³/mol. The molecule has 1 aromatic carbocycles. The first kappa shape index (κ1) is 11.5. The van der Waals surface area contributed by atoms with Crippen LogP contribution in [0.3, 0.4) is 0 Å². The second-order valence-corrected chi connectivity index (χ2v) is 4.66. The number of benzene rings is 1. The molecule has 1 N–H and O–H groups in total. The smallest absolute Gasteiger partial charge is 0.0343 e. The molecule has 0 saturated heterocycles. The zero-order valence-corrected chi connectivity index (χ0v) is 10.4. The topological polar surface area (TPSA) is 15.3 Å². The molecule has 2 nitrogen and oxygen atoms in total. The summed E-state index contributed by atoms with van der Waals surface area (Å²) in [6.45, 7) is 7.78. The van der Waals surface area contributed by atoms with Crippen LogP contribution in [0.5, 0.6) is 0 Å². The number of hydrogen-bond acceptors (Lipinski definition) is 2. The second-order valence-electron chi connectivity index (χ2n) is 4.66. The summed E-state index contributed by atoms with van der Waals surface area (Å²) in [6, 6.07) is 9.46. The molecule has 2 rings (SSSR count). The van der Waals surface area contributed by atoms with Crippen molar-refractivity contribution in [1.29, 1.82) is 0 Å². The van der Waals surface area contributed by atoms with Gasteiger partial charge < -0.3 is 5.32 Å². The number of hydrogen-bond donors (Lipinski definition) is 1. The zero-order chi connectivity index (χ0) is 11.4. The van der Waals surface area contributed by atoms with E-state index in [0.29, 0.717) is 0 Å². The van der Waals surface area contributed by atoms with Gasteiger partial charge in [0.05, 0.1) is 0 Å². The van der Waals surface area contributed by atoms with Gasteiger partial charge in [-0.2, -0.15) is 0 Å². The number of aryl methyl sites for hydroxylation is 1. The average molecular weight is 218 g/mol. The molecular weight excluding hydrogens is 196 g/mol. The van der Waals surface area contributed by atoms with Gasteiger partial charge in [0.25, 0.3) is 0 Å². The minimum Gasteiger partial charge on any atom is -0.384 e. The fourth-order valence-corrected chi connectivity index (χ4v) is 2.14. The largest absolute Gasteiger partial charge is 0.384 e. The highest BCUT2D eigenvalue weighted by Crippen LogP contribution is 2.25. The molecular formula is C14H22N2. The van der Waals surface area contributed by atoms with Crippen molar-refractivity contribution in [1.82, 2.24) is 4.90 Å². The van der Waals surface area contributed by atoms with Crippen LogP contribution in [0.25, 0.3) is 0 Å². The quantitative estimate of drug-likeness (QED) is 0.790. The van der Waals surface area contributed by atoms with Crippen LogP contribution in [-0.2, 0) is 0 Å². The van der Waals surface area contributed by atoms with Gasteiger partial charge in [0.15, 0.2) is 0 Å². The van der Waals surface area contributed by atoms with E-state index in [9.17, 15) is 0 Å². The van der Waals surface area contributed by atoms with Crippen LogP contribution >= 0.6 is 0 Å². The lowest BCUT2D eigenvalue weighted by Gasteiger charge is -2.20. The number of nitrogens with zero attached hydrogens (tertiary/aromatic N) is 1. The Hall–Kier alpha value is -1.02. The van der Waals surface area contributed by atoms with Crippen LogP contribution < -0.4 is 5.32 Å². The number of likely N-dealkylation sites (N-methyl/N-ethyl adjacent to an activating group) is 1. The van der Waals surface area contributed by atoms with Crippen LogP contribution in [0.2, 0.25) is 0 Å². The summed E-state index contributed by atoms with van der Waals surface area (Å²) < 4.78 is 0. The third kappa shape index (κ3) is 3.24. The molecule has 88 valence electrons. The molecule has 2 heteroatoms. The molecule has 1 aliphatic carbocycles. The van der Waals surface area contributed by atoms with Gasteiger partial charge in [-0.1, -0.05) is 19.1 Å². The van der Waals surface area contributed by atoms with E-state index in [4.69, 9.17) is 0 Å². The van der Waals surface area contributed by atoms with Crippen molar-refractivity contribution in [2.24, 2.45) is 0 Å². The Labute approximate surface area is 98.7 Å². The van der Waals surface area contributed by atoms with Crippen molar-refractivity contribution in [3.8, 4) is 0 Å². The Morgan fingerprint density at radius 1 is 1.38 bits per heavy atom. The van der Waals surface area contributed by atoms with E-state index in [1.165, 1.54) is 30.6 Å². The standard InChI is InChI=1S/C14H22N2/c1-3-16(14-7-8-14)10-9-15-13-6-4-5-12(2)11-13/h4-6,11,14-15H,3,7-10H2,1-2H3. The van der Waals surface area contributed by atoms with Crippen molar-refractivity contribution < 1.29 is 0 Å². The highest BCUT2D eigenvalue weighted by molar-refractivity contribution is 5.45. The van der Waals surface area contributed by atoms with E-state index in [-0.39, 0.29) is 0 Å². The molecule has 1 fully saturated rings. The van der Waals surface area contributed by atoms with Crippen molar-refractivity contribution in [2.45, 2.75) is 32.7 Å². The van der Waals surface area contributed by atoms with E-state index < -0.39 is 0 Å². The van der Waals surface area contributed by atoms with Gasteiger partial charge in [0.2, 0.25) is 0 Å². The zero-order valence-electron chi connectivity index (χ0n) is 10.4. The van der Waals surface area contributed by atoms with Crippen molar-refractivity contribution in [3.63, 3.8) is 0 Å². The van der Waals surface area contributed by atoms with Gasteiger partial charge in [0.1, 0.15) is 0 Å². The molecule has 1 aromatic rings. The predicted octanol–water partition coefficient (Wildman–Crippen LogP) is 2.89. The Morgan fingerprint density at radius 2 is 2.19 bits per heavy atom. The van der Waals surface area contributed by atoms with Gasteiger partial charge in [-0.3, -0.25) is 4.90 Å². The lowest BCUT2D eigenvalue weighted by atomic mass is 10.2. The Bertz CT molecular complexity index is 331. The van der Waals surface area contributed by atoms with Crippen LogP contribution in [0.15, 0.2) is 24.3 Å². The maximum atomic E-state index is 3.49. The molecule has 0 amide bonds. The first-order chi connectivity index (χ1) is 7.79. The van der Waals surface area contributed by atoms with Crippen molar-refractivity contribution in [2.75, 3.05) is 25.0 Å². The van der Waals surface area contributed by atoms with Crippen LogP contribution in [0, 0.1) is 6.92 Å². The molecule has 16 heavy (non-hydrogen) atoms. The third-order valence-corrected chi connectivity index (χ3v) is 3.22. The summed E-state index contributed by atoms with van der Waals surface area (Å²) in [6.07, 6.45) is 2.80. The number of anilines is 1. The van der Waals surface area contributed by atoms with Gasteiger partial charge in [-0.25, -0.2) is 0 Å². The Balaban J connectivity index is 1.74. The molecule has 0 atom stereocenters. The van der Waals surface area contributed by atoms with Crippen molar-refractivity contribution >= 4 is 5.69 Å². The molecule has 1 aliphatic rings. The van der Waals surface area contributed by atoms with Crippen LogP contribution in [0.1, 0.15) is 25.3 Å². The molecule has 0 unspecified atom stereocenters. The number of rotatable bonds is 6. The Kier molecular flexibility index (Phi) is 3.83. The Morgan fingerprint density at radius 3 is 2.81 bits per heavy atom. The first-order valence-electron chi connectivity index (χ1n) is 6.34. The van der Waals surface area contributed by atoms with Crippen LogP contribution in [-0.4, -0.2) is 30.6 Å². The average Bonchev–Trinajstić information content (AvgIpc) is 3.08. The number of nitrogens with one attached hydrogen (secondary N) is 1. The van der Waals surface area contributed by atoms with Crippen LogP contribution in [0.4, 0.5) is 5.69 Å². The molecule has 0 heterocycles. The highest BCUT2D eigenvalue weighted by Gasteiger charge is 2.26. The molecule has 0 radical (unpaired) electrons. The lowest BCUT2D eigenvalue weighted by Crippen LogP contribution is -2.30. The van der Waals surface area contributed by atoms with Gasteiger partial charge in [-0.05, 0) is 44.0 Å². The fraction of sp³-hybridized carbons (Fsp3) is 0.571. The summed E-state index contributed by atoms with van der Waals surface area (Å²) in [7, 11) is 0. The SMILES string of the molecule is CCN(CCNc1cccc(C)c1)C1CC1. The summed E-state index contributed by atoms with van der Waals surface area (Å²) in [4.78, 5) is 2.57. The minimum absolute atomic E-state index is 0.879. The van der Waals surface area contributed by atoms with E-state index >= 15 is 0 Å². The molecule has 0 aliphatic heterocycles. The van der Waals surface area contributed by atoms with E-state index in [0.717, 1.165) is 19.1 Å². The first-order valence-corrected chi connectivity index (χ1v) is 6.34. The van der Waals surface area contributed by atoms with E-state index in [2.05, 4.69) is 48.3 Å². The summed E-state index contributed by atoms with van der Waals surface area (Å²) in [5, 5.41) is 3.49. The summed E-state index contributed by atoms with van der Waals surface area (Å²) >= 11 is 0. The van der Waals surface area contributed by atoms with E-state index in [1.807, 2.05) is 0 Å². The minimum atomic E-state index is 0.879. The van der Waals surface area contributed by atoms with Gasteiger partial charge in [0, 0.05) is 24.8 Å². The molecule has 0 spiro atoms. The second kappa shape index (κ2) is 5.35. The van der Waals surface area contributed by atoms with E-state index in [1.54, 1.807) is 0 Å². The lowest BCUT2D eigenvalue weighted by molar-refractivity contribution is 0.289. The van der Waals surface area contributed by atoms with Gasteiger partial charge >= 0.3 is 0 Å². The van der Waals surface area contributed by atoms with Crippen molar-refractivity contribution in [3.05, 3.63) is 29.8 Å². The summed E-state index contributed by atoms with van der Waals surface area (Å²) in [5.41, 5.74) is 2.56. The molecule has 0 bridgehead atoms. The molecule has 0 aromatic heterocycles. The monoisotopic (exact) mass is 218 g/mol. The summed E-state index contributed by atoms with van der Waals surface area (Å²) in [5.74, 6) is 0.